The number of rotatable bonds is 1. The third-order valence-electron chi connectivity index (χ3n) is 5.57. The van der Waals surface area contributed by atoms with Gasteiger partial charge in [-0.2, -0.15) is 13.2 Å². The van der Waals surface area contributed by atoms with Gasteiger partial charge in [0.25, 0.3) is 0 Å². The second kappa shape index (κ2) is 6.09. The molecule has 144 valence electrons. The lowest BCUT2D eigenvalue weighted by molar-refractivity contribution is -0.144. The van der Waals surface area contributed by atoms with Gasteiger partial charge in [-0.05, 0) is 49.9 Å². The van der Waals surface area contributed by atoms with E-state index >= 15 is 0 Å². The number of nitrogens with zero attached hydrogens (tertiary/aromatic N) is 3. The Morgan fingerprint density at radius 1 is 0.929 bits per heavy atom. The Morgan fingerprint density at radius 2 is 1.64 bits per heavy atom. The average molecular weight is 385 g/mol. The first-order chi connectivity index (χ1) is 13.5. The first-order valence-electron chi connectivity index (χ1n) is 9.39. The smallest absolute Gasteiger partial charge is 0.433 e. The van der Waals surface area contributed by atoms with Crippen LogP contribution in [-0.4, -0.2) is 14.5 Å². The number of para-hydroxylation sites is 1. The summed E-state index contributed by atoms with van der Waals surface area (Å²) < 4.78 is 50.2. The van der Waals surface area contributed by atoms with E-state index < -0.39 is 17.5 Å². The molecule has 1 aliphatic heterocycles. The van der Waals surface area contributed by atoms with Crippen molar-refractivity contribution >= 4 is 0 Å². The van der Waals surface area contributed by atoms with Crippen LogP contribution in [0, 0.1) is 0 Å². The molecule has 4 nitrogen and oxygen atoms in total. The van der Waals surface area contributed by atoms with Crippen molar-refractivity contribution in [3.63, 3.8) is 0 Å². The molecule has 1 aromatic carbocycles. The lowest BCUT2D eigenvalue weighted by Crippen LogP contribution is -2.41. The standard InChI is InChI=1S/C21H18F3N3O/c22-21(23,24)18-16-17(25-19(26-18)27-12-6-7-13-27)14-8-2-3-9-15(14)28-20(16)10-4-1-5-11-20/h2-3,6-9,12-13H,1,4-5,10-11H2. The summed E-state index contributed by atoms with van der Waals surface area (Å²) in [6.45, 7) is 0. The molecule has 2 aromatic heterocycles. The van der Waals surface area contributed by atoms with Crippen LogP contribution in [0.25, 0.3) is 17.2 Å². The average Bonchev–Trinajstić information content (AvgIpc) is 3.22. The molecule has 7 heteroatoms. The molecule has 0 amide bonds. The van der Waals surface area contributed by atoms with Crippen LogP contribution in [0.1, 0.15) is 43.4 Å². The highest BCUT2D eigenvalue weighted by Crippen LogP contribution is 2.53. The fraction of sp³-hybridized carbons (Fsp3) is 0.333. The fourth-order valence-corrected chi connectivity index (χ4v) is 4.35. The van der Waals surface area contributed by atoms with Crippen LogP contribution >= 0.6 is 0 Å². The van der Waals surface area contributed by atoms with Gasteiger partial charge in [0, 0.05) is 18.0 Å². The minimum absolute atomic E-state index is 0.0127. The Balaban J connectivity index is 1.85. The van der Waals surface area contributed by atoms with Gasteiger partial charge >= 0.3 is 6.18 Å². The van der Waals surface area contributed by atoms with Crippen LogP contribution < -0.4 is 4.74 Å². The summed E-state index contributed by atoms with van der Waals surface area (Å²) >= 11 is 0. The minimum Gasteiger partial charge on any atom is -0.482 e. The van der Waals surface area contributed by atoms with Gasteiger partial charge in [-0.3, -0.25) is 4.57 Å². The van der Waals surface area contributed by atoms with Crippen molar-refractivity contribution in [2.24, 2.45) is 0 Å². The first kappa shape index (κ1) is 17.3. The maximum atomic E-state index is 14.2. The molecule has 0 N–H and O–H groups in total. The summed E-state index contributed by atoms with van der Waals surface area (Å²) in [6, 6.07) is 10.6. The summed E-state index contributed by atoms with van der Waals surface area (Å²) in [6.07, 6.45) is 2.37. The third-order valence-corrected chi connectivity index (χ3v) is 5.57. The molecule has 0 bridgehead atoms. The molecule has 5 rings (SSSR count). The second-order valence-electron chi connectivity index (χ2n) is 7.34. The highest BCUT2D eigenvalue weighted by molar-refractivity contribution is 5.75. The van der Waals surface area contributed by atoms with E-state index in [-0.39, 0.29) is 11.5 Å². The van der Waals surface area contributed by atoms with Crippen molar-refractivity contribution in [2.75, 3.05) is 0 Å². The van der Waals surface area contributed by atoms with E-state index in [1.54, 1.807) is 42.7 Å². The monoisotopic (exact) mass is 385 g/mol. The quantitative estimate of drug-likeness (QED) is 0.555. The lowest BCUT2D eigenvalue weighted by Gasteiger charge is -2.43. The van der Waals surface area contributed by atoms with Crippen LogP contribution in [0.2, 0.25) is 0 Å². The fourth-order valence-electron chi connectivity index (χ4n) is 4.35. The van der Waals surface area contributed by atoms with Crippen LogP contribution in [0.4, 0.5) is 13.2 Å². The van der Waals surface area contributed by atoms with E-state index in [9.17, 15) is 13.2 Å². The summed E-state index contributed by atoms with van der Waals surface area (Å²) in [7, 11) is 0. The number of hydrogen-bond acceptors (Lipinski definition) is 3. The molecule has 3 aromatic rings. The van der Waals surface area contributed by atoms with Crippen molar-refractivity contribution in [3.05, 3.63) is 60.0 Å². The molecule has 0 saturated heterocycles. The van der Waals surface area contributed by atoms with Crippen molar-refractivity contribution < 1.29 is 17.9 Å². The molecule has 1 saturated carbocycles. The number of aromatic nitrogens is 3. The number of halogens is 3. The van der Waals surface area contributed by atoms with Gasteiger partial charge in [0.05, 0.1) is 11.3 Å². The number of benzene rings is 1. The maximum absolute atomic E-state index is 14.2. The molecule has 0 unspecified atom stereocenters. The molecule has 0 atom stereocenters. The maximum Gasteiger partial charge on any atom is 0.433 e. The topological polar surface area (TPSA) is 39.9 Å². The van der Waals surface area contributed by atoms with E-state index in [0.29, 0.717) is 29.8 Å². The van der Waals surface area contributed by atoms with Crippen LogP contribution in [0.5, 0.6) is 5.75 Å². The number of hydrogen-bond donors (Lipinski definition) is 0. The van der Waals surface area contributed by atoms with Crippen LogP contribution in [-0.2, 0) is 11.8 Å². The summed E-state index contributed by atoms with van der Waals surface area (Å²) in [5.41, 5.74) is -0.918. The second-order valence-corrected chi connectivity index (χ2v) is 7.34. The predicted octanol–water partition coefficient (Wildman–Crippen LogP) is 5.50. The predicted molar refractivity (Wildman–Crippen MR) is 97.2 cm³/mol. The molecular weight excluding hydrogens is 367 g/mol. The summed E-state index contributed by atoms with van der Waals surface area (Å²) in [5, 5.41) is 0. The van der Waals surface area contributed by atoms with Crippen molar-refractivity contribution in [1.29, 1.82) is 0 Å². The Labute approximate surface area is 160 Å². The minimum atomic E-state index is -4.60. The first-order valence-corrected chi connectivity index (χ1v) is 9.39. The number of alkyl halides is 3. The third kappa shape index (κ3) is 2.60. The molecule has 1 spiro atoms. The highest BCUT2D eigenvalue weighted by atomic mass is 19.4. The zero-order chi connectivity index (χ0) is 19.4. The molecule has 28 heavy (non-hydrogen) atoms. The largest absolute Gasteiger partial charge is 0.482 e. The number of ether oxygens (including phenoxy) is 1. The van der Waals surface area contributed by atoms with Crippen molar-refractivity contribution in [2.45, 2.75) is 43.9 Å². The van der Waals surface area contributed by atoms with Gasteiger partial charge < -0.3 is 4.74 Å². The summed E-state index contributed by atoms with van der Waals surface area (Å²) in [5.74, 6) is 0.598. The Hall–Kier alpha value is -2.83. The van der Waals surface area contributed by atoms with E-state index in [4.69, 9.17) is 4.74 Å². The van der Waals surface area contributed by atoms with Crippen LogP contribution in [0.3, 0.4) is 0 Å². The van der Waals surface area contributed by atoms with Gasteiger partial charge in [-0.1, -0.05) is 18.6 Å². The summed E-state index contributed by atoms with van der Waals surface area (Å²) in [4.78, 5) is 8.56. The van der Waals surface area contributed by atoms with Gasteiger partial charge in [0.2, 0.25) is 5.95 Å². The molecule has 0 radical (unpaired) electrons. The Morgan fingerprint density at radius 3 is 2.36 bits per heavy atom. The molecule has 2 aliphatic rings. The van der Waals surface area contributed by atoms with E-state index in [2.05, 4.69) is 9.97 Å². The highest BCUT2D eigenvalue weighted by Gasteiger charge is 2.50. The van der Waals surface area contributed by atoms with E-state index in [1.807, 2.05) is 6.07 Å². The van der Waals surface area contributed by atoms with Crippen molar-refractivity contribution in [3.8, 4) is 23.0 Å². The van der Waals surface area contributed by atoms with Gasteiger partial charge in [-0.15, -0.1) is 0 Å². The van der Waals surface area contributed by atoms with Gasteiger partial charge in [-0.25, -0.2) is 9.97 Å². The Bertz CT molecular complexity index is 1020. The van der Waals surface area contributed by atoms with E-state index in [1.165, 1.54) is 4.57 Å². The molecule has 1 fully saturated rings. The van der Waals surface area contributed by atoms with E-state index in [0.717, 1.165) is 19.3 Å². The normalized spacial score (nSPS) is 17.7. The molecule has 3 heterocycles. The zero-order valence-electron chi connectivity index (χ0n) is 15.0. The van der Waals surface area contributed by atoms with Gasteiger partial charge in [0.1, 0.15) is 11.4 Å². The van der Waals surface area contributed by atoms with Gasteiger partial charge in [0.15, 0.2) is 5.69 Å². The Kier molecular flexibility index (Phi) is 3.76. The van der Waals surface area contributed by atoms with Crippen LogP contribution in [0.15, 0.2) is 48.8 Å². The zero-order valence-corrected chi connectivity index (χ0v) is 15.0. The van der Waals surface area contributed by atoms with Crippen molar-refractivity contribution in [1.82, 2.24) is 14.5 Å². The SMILES string of the molecule is FC(F)(F)c1nc(-n2cccc2)nc2c1C1(CCCCC1)Oc1ccccc1-2. The molecule has 1 aliphatic carbocycles. The molecular formula is C21H18F3N3O. The number of fused-ring (bicyclic) bond motifs is 4. The lowest BCUT2D eigenvalue weighted by atomic mass is 9.75.